The number of hydrogen-bond acceptors (Lipinski definition) is 2. The number of nitrogens with zero attached hydrogens (tertiary/aromatic N) is 3. The number of rotatable bonds is 1. The highest BCUT2D eigenvalue weighted by Gasteiger charge is 2.08. The van der Waals surface area contributed by atoms with Gasteiger partial charge in [-0.1, -0.05) is 12.2 Å². The van der Waals surface area contributed by atoms with Gasteiger partial charge in [0, 0.05) is 6.54 Å². The Morgan fingerprint density at radius 2 is 2.43 bits per heavy atom. The van der Waals surface area contributed by atoms with Crippen molar-refractivity contribution in [3.8, 4) is 0 Å². The van der Waals surface area contributed by atoms with Gasteiger partial charge in [0.25, 0.3) is 0 Å². The topological polar surface area (TPSA) is 30.2 Å². The second-order valence-electron chi connectivity index (χ2n) is 3.35. The van der Waals surface area contributed by atoms with E-state index >= 15 is 0 Å². The lowest BCUT2D eigenvalue weighted by Crippen LogP contribution is -2.16. The molecule has 0 saturated heterocycles. The van der Waals surface area contributed by atoms with Crippen molar-refractivity contribution in [3.63, 3.8) is 0 Å². The van der Waals surface area contributed by atoms with E-state index < -0.39 is 0 Å². The molecular weight excluding hydrogens is 174 g/mol. The third kappa shape index (κ3) is 1.53. The molecule has 14 heavy (non-hydrogen) atoms. The summed E-state index contributed by atoms with van der Waals surface area (Å²) < 4.78 is 1.82. The van der Waals surface area contributed by atoms with Gasteiger partial charge < -0.3 is 0 Å². The van der Waals surface area contributed by atoms with Crippen LogP contribution < -0.4 is 0 Å². The molecule has 0 N–H and O–H groups in total. The molecule has 1 aromatic rings. The summed E-state index contributed by atoms with van der Waals surface area (Å²) in [7, 11) is 0. The van der Waals surface area contributed by atoms with Gasteiger partial charge in [0.15, 0.2) is 0 Å². The molecule has 0 unspecified atom stereocenters. The molecule has 1 aromatic heterocycles. The molecule has 0 spiro atoms. The molecule has 2 heterocycles. The Morgan fingerprint density at radius 1 is 1.57 bits per heavy atom. The first-order chi connectivity index (χ1) is 6.81. The van der Waals surface area contributed by atoms with Crippen LogP contribution in [-0.4, -0.2) is 22.2 Å². The van der Waals surface area contributed by atoms with Gasteiger partial charge in [-0.3, -0.25) is 4.99 Å². The Balaban J connectivity index is 2.40. The molecule has 0 saturated carbocycles. The molecule has 1 aliphatic rings. The highest BCUT2D eigenvalue weighted by Crippen LogP contribution is 2.10. The molecule has 72 valence electrons. The van der Waals surface area contributed by atoms with Crippen LogP contribution in [-0.2, 0) is 0 Å². The van der Waals surface area contributed by atoms with Gasteiger partial charge in [0.1, 0.15) is 5.84 Å². The van der Waals surface area contributed by atoms with E-state index in [4.69, 9.17) is 0 Å². The molecule has 0 bridgehead atoms. The zero-order valence-electron chi connectivity index (χ0n) is 8.27. The van der Waals surface area contributed by atoms with Crippen molar-refractivity contribution >= 4 is 11.9 Å². The number of allylic oxidation sites excluding steroid dienone is 1. The molecule has 2 rings (SSSR count). The first-order valence-electron chi connectivity index (χ1n) is 4.70. The Hall–Kier alpha value is -1.64. The molecule has 3 nitrogen and oxygen atoms in total. The van der Waals surface area contributed by atoms with Gasteiger partial charge in [-0.15, -0.1) is 0 Å². The van der Waals surface area contributed by atoms with E-state index in [9.17, 15) is 0 Å². The second-order valence-corrected chi connectivity index (χ2v) is 3.35. The first kappa shape index (κ1) is 8.94. The zero-order chi connectivity index (χ0) is 9.97. The summed E-state index contributed by atoms with van der Waals surface area (Å²) in [6.45, 7) is 6.71. The predicted molar refractivity (Wildman–Crippen MR) is 58.4 cm³/mol. The molecule has 1 aliphatic heterocycles. The van der Waals surface area contributed by atoms with E-state index in [-0.39, 0.29) is 0 Å². The van der Waals surface area contributed by atoms with Crippen molar-refractivity contribution in [2.75, 3.05) is 6.54 Å². The molecule has 0 radical (unpaired) electrons. The predicted octanol–water partition coefficient (Wildman–Crippen LogP) is 2.12. The van der Waals surface area contributed by atoms with Crippen molar-refractivity contribution in [1.29, 1.82) is 0 Å². The fourth-order valence-electron chi connectivity index (χ4n) is 1.47. The Bertz CT molecular complexity index is 410. The van der Waals surface area contributed by atoms with E-state index in [1.807, 2.05) is 10.7 Å². The molecular formula is C11H13N3. The monoisotopic (exact) mass is 187 g/mol. The Morgan fingerprint density at radius 3 is 3.14 bits per heavy atom. The van der Waals surface area contributed by atoms with Crippen molar-refractivity contribution in [1.82, 2.24) is 9.78 Å². The minimum Gasteiger partial charge on any atom is -0.266 e. The maximum Gasteiger partial charge on any atom is 0.149 e. The van der Waals surface area contributed by atoms with Crippen molar-refractivity contribution in [2.24, 2.45) is 4.99 Å². The molecule has 3 heteroatoms. The van der Waals surface area contributed by atoms with Crippen LogP contribution in [0.2, 0.25) is 0 Å². The normalized spacial score (nSPS) is 16.1. The summed E-state index contributed by atoms with van der Waals surface area (Å²) in [6.07, 6.45) is 6.67. The number of aliphatic imine (C=N–C) groups is 1. The minimum absolute atomic E-state index is 0.855. The fraction of sp³-hybridized carbons (Fsp3) is 0.273. The third-order valence-corrected chi connectivity index (χ3v) is 2.25. The van der Waals surface area contributed by atoms with Gasteiger partial charge in [-0.25, -0.2) is 4.68 Å². The quantitative estimate of drug-likeness (QED) is 0.662. The van der Waals surface area contributed by atoms with Crippen LogP contribution in [0.4, 0.5) is 0 Å². The Kier molecular flexibility index (Phi) is 2.31. The van der Waals surface area contributed by atoms with E-state index in [1.54, 1.807) is 12.3 Å². The molecule has 0 aliphatic carbocycles. The first-order valence-corrected chi connectivity index (χ1v) is 4.70. The lowest BCUT2D eigenvalue weighted by atomic mass is 10.1. The number of hydrogen-bond donors (Lipinski definition) is 0. The maximum absolute atomic E-state index is 4.42. The van der Waals surface area contributed by atoms with Crippen molar-refractivity contribution in [2.45, 2.75) is 13.3 Å². The summed E-state index contributed by atoms with van der Waals surface area (Å²) in [5.41, 5.74) is 2.33. The summed E-state index contributed by atoms with van der Waals surface area (Å²) in [4.78, 5) is 4.42. The van der Waals surface area contributed by atoms with Crippen LogP contribution in [0, 0.1) is 0 Å². The van der Waals surface area contributed by atoms with Gasteiger partial charge in [0.2, 0.25) is 0 Å². The summed E-state index contributed by atoms with van der Waals surface area (Å²) in [5, 5.41) is 4.22. The lowest BCUT2D eigenvalue weighted by molar-refractivity contribution is 0.867. The molecule has 0 atom stereocenters. The fourth-order valence-corrected chi connectivity index (χ4v) is 1.47. The van der Waals surface area contributed by atoms with Crippen molar-refractivity contribution in [3.05, 3.63) is 36.2 Å². The smallest absolute Gasteiger partial charge is 0.149 e. The van der Waals surface area contributed by atoms with Gasteiger partial charge >= 0.3 is 0 Å². The largest absolute Gasteiger partial charge is 0.266 e. The van der Waals surface area contributed by atoms with Crippen LogP contribution >= 0.6 is 0 Å². The van der Waals surface area contributed by atoms with Crippen LogP contribution in [0.15, 0.2) is 35.5 Å². The van der Waals surface area contributed by atoms with E-state index in [0.29, 0.717) is 0 Å². The SMILES string of the molecule is C=Cc1ccnn1C1=NCCC(C)=C1. The van der Waals surface area contributed by atoms with Crippen LogP contribution in [0.25, 0.3) is 6.08 Å². The van der Waals surface area contributed by atoms with Crippen LogP contribution in [0.1, 0.15) is 19.0 Å². The van der Waals surface area contributed by atoms with Gasteiger partial charge in [-0.05, 0) is 31.6 Å². The van der Waals surface area contributed by atoms with Crippen molar-refractivity contribution < 1.29 is 0 Å². The van der Waals surface area contributed by atoms with Gasteiger partial charge in [-0.2, -0.15) is 5.10 Å². The average molecular weight is 187 g/mol. The molecule has 0 fully saturated rings. The molecule has 0 amide bonds. The van der Waals surface area contributed by atoms with Crippen LogP contribution in [0.5, 0.6) is 0 Å². The summed E-state index contributed by atoms with van der Waals surface area (Å²) in [5.74, 6) is 0.911. The second kappa shape index (κ2) is 3.62. The number of aromatic nitrogens is 2. The average Bonchev–Trinajstić information content (AvgIpc) is 2.65. The van der Waals surface area contributed by atoms with Crippen LogP contribution in [0.3, 0.4) is 0 Å². The van der Waals surface area contributed by atoms with E-state index in [0.717, 1.165) is 24.5 Å². The molecule has 0 aromatic carbocycles. The highest BCUT2D eigenvalue weighted by atomic mass is 15.3. The van der Waals surface area contributed by atoms with E-state index in [2.05, 4.69) is 29.7 Å². The maximum atomic E-state index is 4.42. The highest BCUT2D eigenvalue weighted by molar-refractivity contribution is 5.96. The standard InChI is InChI=1S/C11H13N3/c1-3-10-5-7-13-14(10)11-8-9(2)4-6-12-11/h3,5,7-8H,1,4,6H2,2H3. The third-order valence-electron chi connectivity index (χ3n) is 2.25. The lowest BCUT2D eigenvalue weighted by Gasteiger charge is -2.11. The number of dihydropyridines is 1. The Labute approximate surface area is 83.5 Å². The zero-order valence-corrected chi connectivity index (χ0v) is 8.27. The van der Waals surface area contributed by atoms with Gasteiger partial charge in [0.05, 0.1) is 11.9 Å². The summed E-state index contributed by atoms with van der Waals surface area (Å²) in [6, 6.07) is 1.92. The summed E-state index contributed by atoms with van der Waals surface area (Å²) >= 11 is 0. The minimum atomic E-state index is 0.855. The van der Waals surface area contributed by atoms with E-state index in [1.165, 1.54) is 5.57 Å².